The maximum absolute atomic E-state index is 13.4. The van der Waals surface area contributed by atoms with E-state index in [1.54, 1.807) is 6.07 Å². The van der Waals surface area contributed by atoms with Crippen LogP contribution in [0.15, 0.2) is 18.2 Å². The van der Waals surface area contributed by atoms with Crippen molar-refractivity contribution in [3.05, 3.63) is 34.6 Å². The molecule has 2 rings (SSSR count). The van der Waals surface area contributed by atoms with E-state index in [1.807, 2.05) is 0 Å². The summed E-state index contributed by atoms with van der Waals surface area (Å²) in [4.78, 5) is 0. The third kappa shape index (κ3) is 3.02. The summed E-state index contributed by atoms with van der Waals surface area (Å²) in [6.45, 7) is 0. The van der Waals surface area contributed by atoms with Gasteiger partial charge in [0.2, 0.25) is 0 Å². The second kappa shape index (κ2) is 6.00. The predicted molar refractivity (Wildman–Crippen MR) is 70.9 cm³/mol. The predicted octanol–water partition coefficient (Wildman–Crippen LogP) is 3.42. The maximum Gasteiger partial charge on any atom is 0.142 e. The van der Waals surface area contributed by atoms with Crippen LogP contribution in [0.25, 0.3) is 0 Å². The van der Waals surface area contributed by atoms with Crippen molar-refractivity contribution < 1.29 is 9.50 Å². The van der Waals surface area contributed by atoms with E-state index in [4.69, 9.17) is 17.3 Å². The zero-order valence-corrected chi connectivity index (χ0v) is 11.0. The van der Waals surface area contributed by atoms with Crippen LogP contribution in [0.1, 0.15) is 43.7 Å². The highest BCUT2D eigenvalue weighted by Gasteiger charge is 2.27. The molecule has 0 aliphatic heterocycles. The fraction of sp³-hybridized carbons (Fsp3) is 0.571. The summed E-state index contributed by atoms with van der Waals surface area (Å²) in [5.74, 6) is -0.257. The minimum absolute atomic E-state index is 0.0816. The number of benzene rings is 1. The van der Waals surface area contributed by atoms with Gasteiger partial charge in [-0.15, -0.1) is 0 Å². The lowest BCUT2D eigenvalue weighted by Crippen LogP contribution is -2.34. The number of hydrogen-bond donors (Lipinski definition) is 2. The lowest BCUT2D eigenvalue weighted by atomic mass is 9.81. The average molecular weight is 272 g/mol. The quantitative estimate of drug-likeness (QED) is 0.885. The van der Waals surface area contributed by atoms with Crippen molar-refractivity contribution in [3.63, 3.8) is 0 Å². The lowest BCUT2D eigenvalue weighted by Gasteiger charge is -2.30. The minimum atomic E-state index is -0.606. The van der Waals surface area contributed by atoms with Crippen LogP contribution in [-0.2, 0) is 0 Å². The molecule has 1 saturated carbocycles. The SMILES string of the molecule is N[C@@H](c1ccc(Cl)c(F)c1)[C@H](O)C1CCCCC1. The summed E-state index contributed by atoms with van der Waals surface area (Å²) < 4.78 is 13.4. The van der Waals surface area contributed by atoms with Crippen molar-refractivity contribution in [2.45, 2.75) is 44.2 Å². The van der Waals surface area contributed by atoms with E-state index in [0.29, 0.717) is 5.56 Å². The minimum Gasteiger partial charge on any atom is -0.391 e. The Labute approximate surface area is 112 Å². The molecule has 2 nitrogen and oxygen atoms in total. The fourth-order valence-corrected chi connectivity index (χ4v) is 2.80. The summed E-state index contributed by atoms with van der Waals surface area (Å²) in [6.07, 6.45) is 4.92. The first-order chi connectivity index (χ1) is 8.59. The highest BCUT2D eigenvalue weighted by atomic mass is 35.5. The van der Waals surface area contributed by atoms with Crippen molar-refractivity contribution in [2.24, 2.45) is 11.7 Å². The molecule has 0 saturated heterocycles. The first kappa shape index (κ1) is 13.8. The second-order valence-corrected chi connectivity index (χ2v) is 5.50. The summed E-state index contributed by atoms with van der Waals surface area (Å²) in [6, 6.07) is 3.95. The van der Waals surface area contributed by atoms with Gasteiger partial charge < -0.3 is 10.8 Å². The first-order valence-corrected chi connectivity index (χ1v) is 6.86. The van der Waals surface area contributed by atoms with Gasteiger partial charge in [-0.2, -0.15) is 0 Å². The third-order valence-electron chi connectivity index (χ3n) is 3.83. The number of rotatable bonds is 3. The van der Waals surface area contributed by atoms with E-state index in [0.717, 1.165) is 25.7 Å². The van der Waals surface area contributed by atoms with Gasteiger partial charge in [0.05, 0.1) is 17.2 Å². The molecule has 1 aromatic rings. The summed E-state index contributed by atoms with van der Waals surface area (Å²) >= 11 is 5.64. The average Bonchev–Trinajstić information content (AvgIpc) is 2.41. The van der Waals surface area contributed by atoms with Crippen molar-refractivity contribution in [2.75, 3.05) is 0 Å². The van der Waals surface area contributed by atoms with Gasteiger partial charge in [0.25, 0.3) is 0 Å². The van der Waals surface area contributed by atoms with E-state index < -0.39 is 18.0 Å². The zero-order chi connectivity index (χ0) is 13.1. The highest BCUT2D eigenvalue weighted by molar-refractivity contribution is 6.30. The van der Waals surface area contributed by atoms with Gasteiger partial charge in [0.1, 0.15) is 5.82 Å². The Morgan fingerprint density at radius 1 is 1.28 bits per heavy atom. The van der Waals surface area contributed by atoms with Crippen LogP contribution >= 0.6 is 11.6 Å². The van der Waals surface area contributed by atoms with Crippen LogP contribution in [0.4, 0.5) is 4.39 Å². The summed E-state index contributed by atoms with van der Waals surface area (Å²) in [7, 11) is 0. The lowest BCUT2D eigenvalue weighted by molar-refractivity contribution is 0.0617. The molecule has 100 valence electrons. The van der Waals surface area contributed by atoms with Crippen molar-refractivity contribution in [1.29, 1.82) is 0 Å². The monoisotopic (exact) mass is 271 g/mol. The Balaban J connectivity index is 2.09. The van der Waals surface area contributed by atoms with Crippen LogP contribution in [-0.4, -0.2) is 11.2 Å². The first-order valence-electron chi connectivity index (χ1n) is 6.48. The van der Waals surface area contributed by atoms with Crippen molar-refractivity contribution >= 4 is 11.6 Å². The number of hydrogen-bond acceptors (Lipinski definition) is 2. The largest absolute Gasteiger partial charge is 0.391 e. The standard InChI is InChI=1S/C14H19ClFNO/c15-11-7-6-10(8-12(11)16)13(17)14(18)9-4-2-1-3-5-9/h6-9,13-14,18H,1-5,17H2/t13-,14+/m0/s1. The summed E-state index contributed by atoms with van der Waals surface area (Å²) in [5, 5.41) is 10.4. The van der Waals surface area contributed by atoms with E-state index in [9.17, 15) is 9.50 Å². The summed E-state index contributed by atoms with van der Waals surface area (Å²) in [5.41, 5.74) is 6.64. The van der Waals surface area contributed by atoms with Gasteiger partial charge in [0, 0.05) is 0 Å². The van der Waals surface area contributed by atoms with Gasteiger partial charge >= 0.3 is 0 Å². The van der Waals surface area contributed by atoms with E-state index >= 15 is 0 Å². The number of nitrogens with two attached hydrogens (primary N) is 1. The Bertz CT molecular complexity index is 407. The molecular formula is C14H19ClFNO. The van der Waals surface area contributed by atoms with Gasteiger partial charge in [0.15, 0.2) is 0 Å². The molecule has 1 aromatic carbocycles. The van der Waals surface area contributed by atoms with Crippen LogP contribution in [0.3, 0.4) is 0 Å². The molecule has 1 aliphatic rings. The molecule has 1 aliphatic carbocycles. The number of aliphatic hydroxyl groups is 1. The van der Waals surface area contributed by atoms with Gasteiger partial charge in [-0.1, -0.05) is 36.9 Å². The molecule has 0 aromatic heterocycles. The highest BCUT2D eigenvalue weighted by Crippen LogP contribution is 2.32. The molecule has 0 amide bonds. The van der Waals surface area contributed by atoms with Crippen LogP contribution in [0, 0.1) is 11.7 Å². The molecule has 0 radical (unpaired) electrons. The molecule has 18 heavy (non-hydrogen) atoms. The molecule has 4 heteroatoms. The topological polar surface area (TPSA) is 46.2 Å². The fourth-order valence-electron chi connectivity index (χ4n) is 2.69. The Morgan fingerprint density at radius 2 is 1.94 bits per heavy atom. The van der Waals surface area contributed by atoms with Gasteiger partial charge in [-0.05, 0) is 36.5 Å². The van der Waals surface area contributed by atoms with Crippen LogP contribution in [0.2, 0.25) is 5.02 Å². The molecular weight excluding hydrogens is 253 g/mol. The van der Waals surface area contributed by atoms with Crippen LogP contribution in [0.5, 0.6) is 0 Å². The van der Waals surface area contributed by atoms with E-state index in [-0.39, 0.29) is 10.9 Å². The smallest absolute Gasteiger partial charge is 0.142 e. The zero-order valence-electron chi connectivity index (χ0n) is 10.3. The molecule has 0 spiro atoms. The molecule has 2 atom stereocenters. The molecule has 3 N–H and O–H groups in total. The molecule has 0 heterocycles. The Hall–Kier alpha value is -0.640. The van der Waals surface area contributed by atoms with Gasteiger partial charge in [-0.3, -0.25) is 0 Å². The Kier molecular flexibility index (Phi) is 4.60. The van der Waals surface area contributed by atoms with Crippen LogP contribution < -0.4 is 5.73 Å². The van der Waals surface area contributed by atoms with Crippen molar-refractivity contribution in [1.82, 2.24) is 0 Å². The number of aliphatic hydroxyl groups excluding tert-OH is 1. The number of halogens is 2. The second-order valence-electron chi connectivity index (χ2n) is 5.09. The maximum atomic E-state index is 13.4. The van der Waals surface area contributed by atoms with Gasteiger partial charge in [-0.25, -0.2) is 4.39 Å². The molecule has 1 fully saturated rings. The molecule has 0 bridgehead atoms. The van der Waals surface area contributed by atoms with E-state index in [2.05, 4.69) is 0 Å². The van der Waals surface area contributed by atoms with Crippen molar-refractivity contribution in [3.8, 4) is 0 Å². The normalized spacial score (nSPS) is 20.7. The Morgan fingerprint density at radius 3 is 2.56 bits per heavy atom. The third-order valence-corrected chi connectivity index (χ3v) is 4.14. The molecule has 0 unspecified atom stereocenters. The van der Waals surface area contributed by atoms with E-state index in [1.165, 1.54) is 18.6 Å².